The summed E-state index contributed by atoms with van der Waals surface area (Å²) in [6.07, 6.45) is -2.73. The number of anilines is 3. The van der Waals surface area contributed by atoms with Crippen LogP contribution in [0.2, 0.25) is 0 Å². The van der Waals surface area contributed by atoms with Gasteiger partial charge in [0, 0.05) is 62.3 Å². The minimum Gasteiger partial charge on any atom is -0.378 e. The van der Waals surface area contributed by atoms with Crippen molar-refractivity contribution < 1.29 is 27.1 Å². The van der Waals surface area contributed by atoms with Gasteiger partial charge in [-0.2, -0.15) is 13.2 Å². The van der Waals surface area contributed by atoms with E-state index in [4.69, 9.17) is 4.74 Å². The summed E-state index contributed by atoms with van der Waals surface area (Å²) < 4.78 is 62.2. The number of hydrogen-bond acceptors (Lipinski definition) is 8. The van der Waals surface area contributed by atoms with E-state index in [-0.39, 0.29) is 29.0 Å². The summed E-state index contributed by atoms with van der Waals surface area (Å²) in [5, 5.41) is 5.91. The Morgan fingerprint density at radius 2 is 1.80 bits per heavy atom. The van der Waals surface area contributed by atoms with Crippen molar-refractivity contribution in [2.24, 2.45) is 0 Å². The SMILES string of the molecule is C[C@@H]1CN(c2cc(F)c(-c3ccnc(N4CCOCC4)n3)cc2NC(=O)c2c[nH]c(=O)cc2C(F)(F)F)C[C@H](C)N1. The normalized spacial score (nSPS) is 19.8. The fraction of sp³-hybridized carbons (Fsp3) is 0.407. The van der Waals surface area contributed by atoms with Crippen LogP contribution in [0.15, 0.2) is 41.5 Å². The molecule has 3 N–H and O–H groups in total. The second kappa shape index (κ2) is 11.4. The number of carbonyl (C=O) groups excluding carboxylic acids is 1. The van der Waals surface area contributed by atoms with Crippen molar-refractivity contribution in [3.8, 4) is 11.3 Å². The Morgan fingerprint density at radius 3 is 2.49 bits per heavy atom. The molecule has 0 bridgehead atoms. The second-order valence-corrected chi connectivity index (χ2v) is 10.1. The Kier molecular flexibility index (Phi) is 7.95. The molecule has 2 aromatic heterocycles. The fourth-order valence-electron chi connectivity index (χ4n) is 5.14. The van der Waals surface area contributed by atoms with Crippen molar-refractivity contribution in [1.29, 1.82) is 0 Å². The predicted octanol–water partition coefficient (Wildman–Crippen LogP) is 3.27. The van der Waals surface area contributed by atoms with Crippen molar-refractivity contribution in [2.75, 3.05) is 54.5 Å². The number of halogens is 4. The maximum atomic E-state index is 15.7. The Morgan fingerprint density at radius 1 is 1.10 bits per heavy atom. The predicted molar refractivity (Wildman–Crippen MR) is 145 cm³/mol. The summed E-state index contributed by atoms with van der Waals surface area (Å²) in [6.45, 7) is 6.96. The van der Waals surface area contributed by atoms with Gasteiger partial charge in [0.15, 0.2) is 0 Å². The van der Waals surface area contributed by atoms with Gasteiger partial charge in [0.2, 0.25) is 11.5 Å². The molecule has 2 atom stereocenters. The number of alkyl halides is 3. The van der Waals surface area contributed by atoms with Gasteiger partial charge in [-0.1, -0.05) is 0 Å². The number of pyridine rings is 1. The van der Waals surface area contributed by atoms with E-state index in [0.29, 0.717) is 57.1 Å². The molecule has 0 saturated carbocycles. The number of nitrogens with one attached hydrogen (secondary N) is 3. The largest absolute Gasteiger partial charge is 0.417 e. The zero-order valence-corrected chi connectivity index (χ0v) is 22.4. The summed E-state index contributed by atoms with van der Waals surface area (Å²) in [4.78, 5) is 39.6. The van der Waals surface area contributed by atoms with Crippen molar-refractivity contribution in [1.82, 2.24) is 20.3 Å². The Balaban J connectivity index is 1.57. The van der Waals surface area contributed by atoms with Crippen LogP contribution in [-0.4, -0.2) is 72.3 Å². The second-order valence-electron chi connectivity index (χ2n) is 10.1. The molecular weight excluding hydrogens is 546 g/mol. The van der Waals surface area contributed by atoms with E-state index in [1.54, 1.807) is 0 Å². The number of nitrogens with zero attached hydrogens (tertiary/aromatic N) is 4. The molecule has 4 heterocycles. The Bertz CT molecular complexity index is 1480. The number of carbonyl (C=O) groups is 1. The molecule has 5 rings (SSSR count). The lowest BCUT2D eigenvalue weighted by Crippen LogP contribution is -2.54. The molecule has 1 aromatic carbocycles. The van der Waals surface area contributed by atoms with E-state index in [1.807, 2.05) is 23.6 Å². The third kappa shape index (κ3) is 6.33. The lowest BCUT2D eigenvalue weighted by molar-refractivity contribution is -0.138. The molecular formula is C27H29F4N7O3. The van der Waals surface area contributed by atoms with Gasteiger partial charge in [-0.15, -0.1) is 0 Å². The summed E-state index contributed by atoms with van der Waals surface area (Å²) >= 11 is 0. The van der Waals surface area contributed by atoms with Crippen molar-refractivity contribution in [3.63, 3.8) is 0 Å². The molecule has 2 aliphatic heterocycles. The summed E-state index contributed by atoms with van der Waals surface area (Å²) in [5.74, 6) is -1.35. The third-order valence-electron chi connectivity index (χ3n) is 6.92. The summed E-state index contributed by atoms with van der Waals surface area (Å²) in [5.41, 5.74) is -2.47. The van der Waals surface area contributed by atoms with E-state index in [1.165, 1.54) is 24.4 Å². The number of amides is 1. The molecule has 41 heavy (non-hydrogen) atoms. The number of aromatic amines is 1. The first kappa shape index (κ1) is 28.5. The number of aromatic nitrogens is 3. The Labute approximate surface area is 232 Å². The van der Waals surface area contributed by atoms with Gasteiger partial charge in [-0.25, -0.2) is 14.4 Å². The number of H-pyrrole nitrogens is 1. The highest BCUT2D eigenvalue weighted by molar-refractivity contribution is 6.07. The zero-order valence-electron chi connectivity index (χ0n) is 22.4. The van der Waals surface area contributed by atoms with Crippen LogP contribution >= 0.6 is 0 Å². The van der Waals surface area contributed by atoms with E-state index in [2.05, 4.69) is 25.6 Å². The molecule has 218 valence electrons. The van der Waals surface area contributed by atoms with E-state index < -0.39 is 34.6 Å². The molecule has 14 heteroatoms. The minimum absolute atomic E-state index is 0.0269. The minimum atomic E-state index is -4.95. The topological polar surface area (TPSA) is 115 Å². The number of hydrogen-bond donors (Lipinski definition) is 3. The maximum absolute atomic E-state index is 15.7. The van der Waals surface area contributed by atoms with Crippen LogP contribution in [0.1, 0.15) is 29.8 Å². The van der Waals surface area contributed by atoms with Gasteiger partial charge in [0.1, 0.15) is 5.82 Å². The monoisotopic (exact) mass is 575 g/mol. The molecule has 1 amide bonds. The van der Waals surface area contributed by atoms with Gasteiger partial charge in [-0.05, 0) is 32.0 Å². The quantitative estimate of drug-likeness (QED) is 0.398. The van der Waals surface area contributed by atoms with E-state index in [9.17, 15) is 22.8 Å². The number of benzene rings is 1. The van der Waals surface area contributed by atoms with Crippen molar-refractivity contribution in [3.05, 3.63) is 64.0 Å². The van der Waals surface area contributed by atoms with Crippen LogP contribution in [0.3, 0.4) is 0 Å². The lowest BCUT2D eigenvalue weighted by atomic mass is 10.0. The van der Waals surface area contributed by atoms with Gasteiger partial charge < -0.3 is 30.2 Å². The van der Waals surface area contributed by atoms with Crippen LogP contribution in [0.4, 0.5) is 34.9 Å². The number of piperazine rings is 1. The average Bonchev–Trinajstić information content (AvgIpc) is 2.93. The maximum Gasteiger partial charge on any atom is 0.417 e. The standard InChI is InChI=1S/C27H29F4N7O3/c1-15-13-38(14-16(2)34-15)23-11-20(28)17(21-3-4-32-26(36-21)37-5-7-41-8-6-37)9-22(23)35-25(40)18-12-33-24(39)10-19(18)27(29,30)31/h3-4,9-12,15-16,34H,5-8,13-14H2,1-2H3,(H,33,39)(H,35,40)/t15-,16+. The molecule has 0 unspecified atom stereocenters. The van der Waals surface area contributed by atoms with Crippen LogP contribution in [0, 0.1) is 5.82 Å². The summed E-state index contributed by atoms with van der Waals surface area (Å²) in [6, 6.07) is 4.53. The third-order valence-corrected chi connectivity index (χ3v) is 6.92. The van der Waals surface area contributed by atoms with Gasteiger partial charge in [0.05, 0.1) is 41.4 Å². The first-order valence-electron chi connectivity index (χ1n) is 13.1. The number of ether oxygens (including phenoxy) is 1. The van der Waals surface area contributed by atoms with E-state index >= 15 is 4.39 Å². The highest BCUT2D eigenvalue weighted by Gasteiger charge is 2.36. The highest BCUT2D eigenvalue weighted by Crippen LogP contribution is 2.36. The molecule has 0 aliphatic carbocycles. The van der Waals surface area contributed by atoms with Crippen LogP contribution < -0.4 is 26.0 Å². The Hall–Kier alpha value is -4.04. The van der Waals surface area contributed by atoms with Gasteiger partial charge >= 0.3 is 6.18 Å². The molecule has 3 aromatic rings. The lowest BCUT2D eigenvalue weighted by Gasteiger charge is -2.38. The first-order valence-corrected chi connectivity index (χ1v) is 13.1. The molecule has 2 saturated heterocycles. The molecule has 2 aliphatic rings. The highest BCUT2D eigenvalue weighted by atomic mass is 19.4. The first-order chi connectivity index (χ1) is 19.5. The van der Waals surface area contributed by atoms with Crippen LogP contribution in [-0.2, 0) is 10.9 Å². The molecule has 10 nitrogen and oxygen atoms in total. The fourth-order valence-corrected chi connectivity index (χ4v) is 5.14. The van der Waals surface area contributed by atoms with Crippen molar-refractivity contribution >= 4 is 23.2 Å². The van der Waals surface area contributed by atoms with Crippen LogP contribution in [0.25, 0.3) is 11.3 Å². The summed E-state index contributed by atoms with van der Waals surface area (Å²) in [7, 11) is 0. The molecule has 0 radical (unpaired) electrons. The van der Waals surface area contributed by atoms with Gasteiger partial charge in [0.25, 0.3) is 5.91 Å². The zero-order chi connectivity index (χ0) is 29.3. The number of rotatable bonds is 5. The average molecular weight is 576 g/mol. The molecule has 0 spiro atoms. The smallest absolute Gasteiger partial charge is 0.378 e. The number of morpholine rings is 1. The van der Waals surface area contributed by atoms with Gasteiger partial charge in [-0.3, -0.25) is 9.59 Å². The van der Waals surface area contributed by atoms with E-state index in [0.717, 1.165) is 6.20 Å². The van der Waals surface area contributed by atoms with Crippen molar-refractivity contribution in [2.45, 2.75) is 32.1 Å². The van der Waals surface area contributed by atoms with Crippen LogP contribution in [0.5, 0.6) is 0 Å². The molecule has 2 fully saturated rings.